The van der Waals surface area contributed by atoms with Gasteiger partial charge in [0.25, 0.3) is 5.91 Å². The van der Waals surface area contributed by atoms with Gasteiger partial charge in [0.05, 0.1) is 18.2 Å². The van der Waals surface area contributed by atoms with Gasteiger partial charge < -0.3 is 25.1 Å². The van der Waals surface area contributed by atoms with Crippen LogP contribution in [-0.2, 0) is 0 Å². The summed E-state index contributed by atoms with van der Waals surface area (Å²) in [6.45, 7) is 0. The fourth-order valence-corrected chi connectivity index (χ4v) is 3.65. The number of H-pyrrole nitrogens is 1. The molecular formula is C26H18F3N5O3. The normalized spacial score (nSPS) is 10.8. The van der Waals surface area contributed by atoms with Crippen LogP contribution in [0.25, 0.3) is 11.0 Å². The van der Waals surface area contributed by atoms with E-state index in [1.807, 2.05) is 0 Å². The van der Waals surface area contributed by atoms with Crippen LogP contribution in [0.2, 0.25) is 0 Å². The van der Waals surface area contributed by atoms with Gasteiger partial charge >= 0.3 is 0 Å². The molecule has 0 unspecified atom stereocenters. The minimum atomic E-state index is -0.950. The average Bonchev–Trinajstić information content (AvgIpc) is 3.37. The number of amides is 1. The number of methoxy groups -OCH3 is 1. The molecule has 0 aliphatic carbocycles. The van der Waals surface area contributed by atoms with Crippen LogP contribution in [0.15, 0.2) is 73.2 Å². The lowest BCUT2D eigenvalue weighted by Gasteiger charge is -2.15. The fraction of sp³-hybridized carbons (Fsp3) is 0.0385. The molecule has 0 atom stereocenters. The zero-order valence-corrected chi connectivity index (χ0v) is 19.2. The van der Waals surface area contributed by atoms with E-state index < -0.39 is 23.4 Å². The molecule has 3 heterocycles. The molecule has 5 aromatic rings. The van der Waals surface area contributed by atoms with E-state index in [2.05, 4.69) is 25.6 Å². The smallest absolute Gasteiger partial charge is 0.263 e. The number of rotatable bonds is 7. The molecule has 0 aliphatic heterocycles. The van der Waals surface area contributed by atoms with Gasteiger partial charge in [-0.05, 0) is 42.5 Å². The van der Waals surface area contributed by atoms with Crippen molar-refractivity contribution in [3.8, 4) is 17.2 Å². The monoisotopic (exact) mass is 505 g/mol. The number of aromatic nitrogens is 3. The number of aromatic amines is 1. The van der Waals surface area contributed by atoms with E-state index in [1.54, 1.807) is 24.5 Å². The number of halogens is 3. The first-order valence-corrected chi connectivity index (χ1v) is 10.9. The molecule has 0 saturated heterocycles. The number of pyridine rings is 2. The number of ether oxygens (including phenoxy) is 2. The van der Waals surface area contributed by atoms with Gasteiger partial charge in [0.15, 0.2) is 11.6 Å². The Morgan fingerprint density at radius 2 is 1.70 bits per heavy atom. The first kappa shape index (κ1) is 23.7. The molecule has 11 heteroatoms. The molecule has 0 saturated carbocycles. The standard InChI is InChI=1S/C26H18F3N5O3/c1-36-22-8-11-32-25(23(22)26(35)34-19-4-2-14(27)12-17(19)28)33-15-3-5-21(18(29)13-15)37-20-7-10-31-24-16(20)6-9-30-24/h2-13H,1H3,(H,30,31)(H,32,33)(H,34,35). The van der Waals surface area contributed by atoms with Gasteiger partial charge in [0.1, 0.15) is 40.2 Å². The second-order valence-electron chi connectivity index (χ2n) is 7.74. The molecule has 1 amide bonds. The highest BCUT2D eigenvalue weighted by molar-refractivity contribution is 6.10. The zero-order valence-electron chi connectivity index (χ0n) is 19.2. The highest BCUT2D eigenvalue weighted by Gasteiger charge is 2.21. The minimum absolute atomic E-state index is 0.0237. The Bertz CT molecular complexity index is 1620. The summed E-state index contributed by atoms with van der Waals surface area (Å²) >= 11 is 0. The third-order valence-electron chi connectivity index (χ3n) is 5.37. The average molecular weight is 505 g/mol. The van der Waals surface area contributed by atoms with Crippen molar-refractivity contribution < 1.29 is 27.4 Å². The Morgan fingerprint density at radius 1 is 0.892 bits per heavy atom. The Kier molecular flexibility index (Phi) is 6.33. The molecule has 0 aliphatic rings. The minimum Gasteiger partial charge on any atom is -0.496 e. The van der Waals surface area contributed by atoms with Crippen LogP contribution in [0.1, 0.15) is 10.4 Å². The summed E-state index contributed by atoms with van der Waals surface area (Å²) in [7, 11) is 1.35. The maximum atomic E-state index is 14.9. The van der Waals surface area contributed by atoms with E-state index in [-0.39, 0.29) is 34.3 Å². The van der Waals surface area contributed by atoms with E-state index in [0.29, 0.717) is 22.8 Å². The van der Waals surface area contributed by atoms with Gasteiger partial charge in [-0.2, -0.15) is 0 Å². The maximum Gasteiger partial charge on any atom is 0.263 e. The number of anilines is 3. The fourth-order valence-electron chi connectivity index (χ4n) is 3.65. The van der Waals surface area contributed by atoms with Crippen molar-refractivity contribution in [1.29, 1.82) is 0 Å². The topological polar surface area (TPSA) is 101 Å². The first-order chi connectivity index (χ1) is 17.9. The van der Waals surface area contributed by atoms with E-state index in [9.17, 15) is 18.0 Å². The Labute approximate surface area is 208 Å². The number of carbonyl (C=O) groups is 1. The van der Waals surface area contributed by atoms with Crippen LogP contribution < -0.4 is 20.1 Å². The quantitative estimate of drug-likeness (QED) is 0.245. The SMILES string of the molecule is COc1ccnc(Nc2ccc(Oc3ccnc4[nH]ccc34)c(F)c2)c1C(=O)Nc1ccc(F)cc1F. The van der Waals surface area contributed by atoms with E-state index in [4.69, 9.17) is 9.47 Å². The number of nitrogens with zero attached hydrogens (tertiary/aromatic N) is 2. The molecule has 3 aromatic heterocycles. The Hall–Kier alpha value is -5.06. The molecule has 0 fully saturated rings. The summed E-state index contributed by atoms with van der Waals surface area (Å²) in [6, 6.07) is 11.7. The van der Waals surface area contributed by atoms with Gasteiger partial charge in [0.2, 0.25) is 0 Å². The second kappa shape index (κ2) is 9.90. The van der Waals surface area contributed by atoms with Crippen LogP contribution in [0.5, 0.6) is 17.2 Å². The lowest BCUT2D eigenvalue weighted by molar-refractivity contribution is 0.102. The summed E-state index contributed by atoms with van der Waals surface area (Å²) in [5.74, 6) is -2.63. The van der Waals surface area contributed by atoms with Crippen LogP contribution >= 0.6 is 0 Å². The molecular weight excluding hydrogens is 487 g/mol. The number of hydrogen-bond donors (Lipinski definition) is 3. The van der Waals surface area contributed by atoms with Crippen molar-refractivity contribution >= 4 is 34.1 Å². The molecule has 0 radical (unpaired) electrons. The van der Waals surface area contributed by atoms with Crippen LogP contribution in [-0.4, -0.2) is 28.0 Å². The Morgan fingerprint density at radius 3 is 2.49 bits per heavy atom. The summed E-state index contributed by atoms with van der Waals surface area (Å²) in [4.78, 5) is 24.3. The van der Waals surface area contributed by atoms with E-state index in [1.165, 1.54) is 37.6 Å². The lowest BCUT2D eigenvalue weighted by Crippen LogP contribution is -2.17. The summed E-state index contributed by atoms with van der Waals surface area (Å²) in [5, 5.41) is 5.94. The van der Waals surface area contributed by atoms with Crippen molar-refractivity contribution in [2.45, 2.75) is 0 Å². The van der Waals surface area contributed by atoms with Crippen LogP contribution in [0.4, 0.5) is 30.4 Å². The van der Waals surface area contributed by atoms with Crippen molar-refractivity contribution in [3.05, 3.63) is 96.2 Å². The van der Waals surface area contributed by atoms with Gasteiger partial charge in [0, 0.05) is 36.4 Å². The second-order valence-corrected chi connectivity index (χ2v) is 7.74. The molecule has 0 spiro atoms. The summed E-state index contributed by atoms with van der Waals surface area (Å²) < 4.78 is 53.3. The van der Waals surface area contributed by atoms with Crippen molar-refractivity contribution in [2.75, 3.05) is 17.7 Å². The van der Waals surface area contributed by atoms with Crippen molar-refractivity contribution in [3.63, 3.8) is 0 Å². The van der Waals surface area contributed by atoms with Crippen LogP contribution in [0, 0.1) is 17.5 Å². The molecule has 0 bridgehead atoms. The van der Waals surface area contributed by atoms with Crippen molar-refractivity contribution in [1.82, 2.24) is 15.0 Å². The zero-order chi connectivity index (χ0) is 25.9. The van der Waals surface area contributed by atoms with E-state index >= 15 is 0 Å². The molecule has 186 valence electrons. The third kappa shape index (κ3) is 4.87. The molecule has 2 aromatic carbocycles. The predicted octanol–water partition coefficient (Wildman–Crippen LogP) is 6.17. The number of benzene rings is 2. The maximum absolute atomic E-state index is 14.9. The number of nitrogens with one attached hydrogen (secondary N) is 3. The van der Waals surface area contributed by atoms with Crippen molar-refractivity contribution in [2.24, 2.45) is 0 Å². The first-order valence-electron chi connectivity index (χ1n) is 10.9. The number of hydrogen-bond acceptors (Lipinski definition) is 6. The molecule has 5 rings (SSSR count). The van der Waals surface area contributed by atoms with Gasteiger partial charge in [-0.1, -0.05) is 0 Å². The van der Waals surface area contributed by atoms with Crippen LogP contribution in [0.3, 0.4) is 0 Å². The number of carbonyl (C=O) groups excluding carboxylic acids is 1. The largest absolute Gasteiger partial charge is 0.496 e. The summed E-state index contributed by atoms with van der Waals surface area (Å²) in [6.07, 6.45) is 4.63. The molecule has 37 heavy (non-hydrogen) atoms. The third-order valence-corrected chi connectivity index (χ3v) is 5.37. The van der Waals surface area contributed by atoms with Gasteiger partial charge in [-0.15, -0.1) is 0 Å². The lowest BCUT2D eigenvalue weighted by atomic mass is 10.2. The summed E-state index contributed by atoms with van der Waals surface area (Å²) in [5.41, 5.74) is 0.560. The Balaban J connectivity index is 1.41. The predicted molar refractivity (Wildman–Crippen MR) is 131 cm³/mol. The molecule has 8 nitrogen and oxygen atoms in total. The van der Waals surface area contributed by atoms with Gasteiger partial charge in [-0.25, -0.2) is 23.1 Å². The molecule has 3 N–H and O–H groups in total. The number of fused-ring (bicyclic) bond motifs is 1. The van der Waals surface area contributed by atoms with Gasteiger partial charge in [-0.3, -0.25) is 4.79 Å². The highest BCUT2D eigenvalue weighted by Crippen LogP contribution is 2.33. The van der Waals surface area contributed by atoms with E-state index in [0.717, 1.165) is 12.1 Å². The highest BCUT2D eigenvalue weighted by atomic mass is 19.1.